The van der Waals surface area contributed by atoms with Gasteiger partial charge in [-0.2, -0.15) is 0 Å². The third-order valence-corrected chi connectivity index (χ3v) is 4.61. The van der Waals surface area contributed by atoms with Gasteiger partial charge < -0.3 is 10.6 Å². The summed E-state index contributed by atoms with van der Waals surface area (Å²) in [5.41, 5.74) is 5.61. The van der Waals surface area contributed by atoms with Gasteiger partial charge in [0.05, 0.1) is 17.7 Å². The second kappa shape index (κ2) is 7.94. The third-order valence-electron chi connectivity index (χ3n) is 3.67. The summed E-state index contributed by atoms with van der Waals surface area (Å²) in [6.45, 7) is 7.99. The van der Waals surface area contributed by atoms with E-state index in [9.17, 15) is 0 Å². The molecule has 1 aromatic heterocycles. The number of hydrogen-bond acceptors (Lipinski definition) is 3. The minimum atomic E-state index is 0.434. The lowest BCUT2D eigenvalue weighted by Gasteiger charge is -2.16. The van der Waals surface area contributed by atoms with E-state index in [1.54, 1.807) is 18.4 Å². The van der Waals surface area contributed by atoms with Gasteiger partial charge in [0, 0.05) is 18.5 Å². The summed E-state index contributed by atoms with van der Waals surface area (Å²) in [5, 5.41) is 6.73. The van der Waals surface area contributed by atoms with Crippen molar-refractivity contribution in [3.8, 4) is 0 Å². The first-order chi connectivity index (χ1) is 10.6. The van der Waals surface area contributed by atoms with Gasteiger partial charge >= 0.3 is 0 Å². The number of guanidine groups is 1. The van der Waals surface area contributed by atoms with Gasteiger partial charge in [-0.25, -0.2) is 4.98 Å². The quantitative estimate of drug-likeness (QED) is 0.658. The lowest BCUT2D eigenvalue weighted by molar-refractivity contribution is 0.699. The van der Waals surface area contributed by atoms with Gasteiger partial charge in [-0.1, -0.05) is 36.8 Å². The number of hydrogen-bond donors (Lipinski definition) is 2. The molecular formula is C17H24N4S. The van der Waals surface area contributed by atoms with E-state index in [0.29, 0.717) is 5.92 Å². The zero-order valence-electron chi connectivity index (χ0n) is 13.7. The maximum absolute atomic E-state index is 4.28. The largest absolute Gasteiger partial charge is 0.356 e. The number of benzene rings is 1. The molecule has 0 radical (unpaired) electrons. The normalized spacial score (nSPS) is 13.0. The Morgan fingerprint density at radius 3 is 2.77 bits per heavy atom. The van der Waals surface area contributed by atoms with E-state index in [1.807, 2.05) is 12.4 Å². The molecule has 0 aliphatic carbocycles. The Labute approximate surface area is 136 Å². The Balaban J connectivity index is 1.85. The maximum atomic E-state index is 4.28. The first-order valence-corrected chi connectivity index (χ1v) is 8.38. The van der Waals surface area contributed by atoms with Crippen molar-refractivity contribution < 1.29 is 0 Å². The average molecular weight is 316 g/mol. The van der Waals surface area contributed by atoms with E-state index >= 15 is 0 Å². The smallest absolute Gasteiger partial charge is 0.191 e. The van der Waals surface area contributed by atoms with Gasteiger partial charge in [-0.05, 0) is 25.3 Å². The fraction of sp³-hybridized carbons (Fsp3) is 0.412. The molecule has 1 atom stereocenters. The SMILES string of the molecule is CN=C(NCc1scnc1C)NCC(C)c1cccc(C)c1. The molecule has 1 aromatic carbocycles. The number of nitrogens with zero attached hydrogens (tertiary/aromatic N) is 2. The molecule has 1 heterocycles. The van der Waals surface area contributed by atoms with Crippen LogP contribution < -0.4 is 10.6 Å². The summed E-state index contributed by atoms with van der Waals surface area (Å²) < 4.78 is 0. The number of rotatable bonds is 5. The van der Waals surface area contributed by atoms with Gasteiger partial charge in [-0.15, -0.1) is 11.3 Å². The van der Waals surface area contributed by atoms with Crippen molar-refractivity contribution in [3.05, 3.63) is 51.5 Å². The molecule has 0 spiro atoms. The minimum absolute atomic E-state index is 0.434. The van der Waals surface area contributed by atoms with Crippen LogP contribution in [0, 0.1) is 13.8 Å². The van der Waals surface area contributed by atoms with Gasteiger partial charge in [0.15, 0.2) is 5.96 Å². The van der Waals surface area contributed by atoms with Crippen LogP contribution in [0.3, 0.4) is 0 Å². The van der Waals surface area contributed by atoms with Crippen LogP contribution in [-0.2, 0) is 6.54 Å². The molecule has 0 saturated carbocycles. The van der Waals surface area contributed by atoms with Crippen LogP contribution in [-0.4, -0.2) is 24.5 Å². The molecule has 0 aliphatic rings. The van der Waals surface area contributed by atoms with E-state index < -0.39 is 0 Å². The van der Waals surface area contributed by atoms with Gasteiger partial charge in [0.25, 0.3) is 0 Å². The molecule has 0 fully saturated rings. The molecule has 118 valence electrons. The summed E-state index contributed by atoms with van der Waals surface area (Å²) in [5.74, 6) is 1.26. The minimum Gasteiger partial charge on any atom is -0.356 e. The van der Waals surface area contributed by atoms with E-state index in [1.165, 1.54) is 16.0 Å². The topological polar surface area (TPSA) is 49.3 Å². The average Bonchev–Trinajstić information content (AvgIpc) is 2.92. The van der Waals surface area contributed by atoms with Crippen LogP contribution >= 0.6 is 11.3 Å². The van der Waals surface area contributed by atoms with Crippen LogP contribution in [0.25, 0.3) is 0 Å². The highest BCUT2D eigenvalue weighted by Gasteiger charge is 2.08. The number of aryl methyl sites for hydroxylation is 2. The van der Waals surface area contributed by atoms with E-state index in [4.69, 9.17) is 0 Å². The Kier molecular flexibility index (Phi) is 5.95. The molecule has 0 aliphatic heterocycles. The number of thiazole rings is 1. The molecule has 1 unspecified atom stereocenters. The standard InChI is InChI=1S/C17H24N4S/c1-12-6-5-7-15(8-12)13(2)9-19-17(18-4)20-10-16-14(3)21-11-22-16/h5-8,11,13H,9-10H2,1-4H3,(H2,18,19,20). The van der Waals surface area contributed by atoms with Crippen LogP contribution in [0.2, 0.25) is 0 Å². The van der Waals surface area contributed by atoms with Crippen molar-refractivity contribution in [2.75, 3.05) is 13.6 Å². The molecule has 2 N–H and O–H groups in total. The van der Waals surface area contributed by atoms with Crippen LogP contribution in [0.5, 0.6) is 0 Å². The Bertz CT molecular complexity index is 633. The highest BCUT2D eigenvalue weighted by atomic mass is 32.1. The van der Waals surface area contributed by atoms with Gasteiger partial charge in [-0.3, -0.25) is 4.99 Å². The molecule has 22 heavy (non-hydrogen) atoms. The predicted molar refractivity (Wildman–Crippen MR) is 94.6 cm³/mol. The highest BCUT2D eigenvalue weighted by molar-refractivity contribution is 7.09. The fourth-order valence-corrected chi connectivity index (χ4v) is 2.94. The van der Waals surface area contributed by atoms with E-state index in [0.717, 1.165) is 24.7 Å². The Morgan fingerprint density at radius 2 is 2.14 bits per heavy atom. The lowest BCUT2D eigenvalue weighted by Crippen LogP contribution is -2.38. The molecule has 5 heteroatoms. The summed E-state index contributed by atoms with van der Waals surface area (Å²) in [4.78, 5) is 9.78. The first-order valence-electron chi connectivity index (χ1n) is 7.50. The van der Waals surface area contributed by atoms with Gasteiger partial charge in [0.2, 0.25) is 0 Å². The summed E-state index contributed by atoms with van der Waals surface area (Å²) in [6, 6.07) is 8.65. The third kappa shape index (κ3) is 4.56. The van der Waals surface area contributed by atoms with E-state index in [-0.39, 0.29) is 0 Å². The number of aromatic nitrogens is 1. The van der Waals surface area contributed by atoms with Crippen LogP contribution in [0.4, 0.5) is 0 Å². The van der Waals surface area contributed by atoms with Crippen LogP contribution in [0.15, 0.2) is 34.8 Å². The summed E-state index contributed by atoms with van der Waals surface area (Å²) in [6.07, 6.45) is 0. The van der Waals surface area contributed by atoms with E-state index in [2.05, 4.69) is 58.7 Å². The predicted octanol–water partition coefficient (Wildman–Crippen LogP) is 3.23. The van der Waals surface area contributed by atoms with Crippen molar-refractivity contribution in [2.24, 2.45) is 4.99 Å². The fourth-order valence-electron chi connectivity index (χ4n) is 2.22. The van der Waals surface area contributed by atoms with Crippen LogP contribution in [0.1, 0.15) is 34.5 Å². The molecular weight excluding hydrogens is 292 g/mol. The molecule has 0 saturated heterocycles. The molecule has 4 nitrogen and oxygen atoms in total. The van der Waals surface area contributed by atoms with Gasteiger partial charge in [0.1, 0.15) is 0 Å². The highest BCUT2D eigenvalue weighted by Crippen LogP contribution is 2.15. The maximum Gasteiger partial charge on any atom is 0.191 e. The second-order valence-corrected chi connectivity index (χ2v) is 6.42. The Hall–Kier alpha value is -1.88. The zero-order valence-corrected chi connectivity index (χ0v) is 14.5. The second-order valence-electron chi connectivity index (χ2n) is 5.48. The monoisotopic (exact) mass is 316 g/mol. The molecule has 0 bridgehead atoms. The molecule has 2 aromatic rings. The summed E-state index contributed by atoms with van der Waals surface area (Å²) >= 11 is 1.67. The first kappa shape index (κ1) is 16.5. The van der Waals surface area contributed by atoms with Crippen molar-refractivity contribution in [1.29, 1.82) is 0 Å². The summed E-state index contributed by atoms with van der Waals surface area (Å²) in [7, 11) is 1.80. The lowest BCUT2D eigenvalue weighted by atomic mass is 9.99. The van der Waals surface area contributed by atoms with Crippen molar-refractivity contribution in [1.82, 2.24) is 15.6 Å². The zero-order chi connectivity index (χ0) is 15.9. The molecule has 0 amide bonds. The van der Waals surface area contributed by atoms with Crippen molar-refractivity contribution in [2.45, 2.75) is 33.2 Å². The number of aliphatic imine (C=N–C) groups is 1. The van der Waals surface area contributed by atoms with Crippen molar-refractivity contribution in [3.63, 3.8) is 0 Å². The number of nitrogens with one attached hydrogen (secondary N) is 2. The van der Waals surface area contributed by atoms with Crippen molar-refractivity contribution >= 4 is 17.3 Å². The molecule has 2 rings (SSSR count). The Morgan fingerprint density at radius 1 is 1.32 bits per heavy atom.